The van der Waals surface area contributed by atoms with Gasteiger partial charge in [-0.3, -0.25) is 35.1 Å². The van der Waals surface area contributed by atoms with Gasteiger partial charge in [0.25, 0.3) is 0 Å². The van der Waals surface area contributed by atoms with Crippen LogP contribution in [0.5, 0.6) is 0 Å². The molecule has 238 valence electrons. The van der Waals surface area contributed by atoms with Crippen LogP contribution in [-0.2, 0) is 29.0 Å². The van der Waals surface area contributed by atoms with E-state index in [0.717, 1.165) is 51.4 Å². The Bertz CT molecular complexity index is 934. The highest BCUT2D eigenvalue weighted by Gasteiger charge is 2.49. The number of carboxylic acids is 1. The maximum Gasteiger partial charge on any atom is 0.314 e. The van der Waals surface area contributed by atoms with Crippen molar-refractivity contribution in [3.05, 3.63) is 20.2 Å². The van der Waals surface area contributed by atoms with Crippen LogP contribution < -0.4 is 0 Å². The minimum atomic E-state index is -1.35. The van der Waals surface area contributed by atoms with Gasteiger partial charge in [0.2, 0.25) is 12.1 Å². The van der Waals surface area contributed by atoms with Crippen LogP contribution in [-0.4, -0.2) is 69.7 Å². The van der Waals surface area contributed by atoms with E-state index in [1.807, 2.05) is 0 Å². The second-order valence-corrected chi connectivity index (χ2v) is 12.6. The summed E-state index contributed by atoms with van der Waals surface area (Å²) in [7, 11) is 0. The number of hydrogen-bond donors (Lipinski definition) is 2. The van der Waals surface area contributed by atoms with Crippen molar-refractivity contribution >= 4 is 11.9 Å². The van der Waals surface area contributed by atoms with Crippen molar-refractivity contribution in [3.63, 3.8) is 0 Å². The van der Waals surface area contributed by atoms with Gasteiger partial charge in [0.1, 0.15) is 12.0 Å². The summed E-state index contributed by atoms with van der Waals surface area (Å²) in [6.07, 6.45) is 9.37. The normalized spacial score (nSPS) is 37.5. The first-order chi connectivity index (χ1) is 20.2. The Balaban J connectivity index is 1.15. The summed E-state index contributed by atoms with van der Waals surface area (Å²) in [6, 6.07) is -2.02. The fourth-order valence-corrected chi connectivity index (χ4v) is 7.95. The van der Waals surface area contributed by atoms with Crippen molar-refractivity contribution in [3.8, 4) is 0 Å². The van der Waals surface area contributed by atoms with E-state index in [1.165, 1.54) is 0 Å². The van der Waals surface area contributed by atoms with Crippen LogP contribution in [0, 0.1) is 55.7 Å². The number of carbonyl (C=O) groups excluding carboxylic acids is 1. The van der Waals surface area contributed by atoms with Gasteiger partial charge in [0.15, 0.2) is 0 Å². The Kier molecular flexibility index (Phi) is 11.9. The van der Waals surface area contributed by atoms with Gasteiger partial charge in [-0.05, 0) is 94.8 Å². The second-order valence-electron chi connectivity index (χ2n) is 12.6. The van der Waals surface area contributed by atoms with Crippen molar-refractivity contribution in [1.82, 2.24) is 0 Å². The number of nitro groups is 2. The topological polar surface area (TPSA) is 198 Å². The Morgan fingerprint density at radius 2 is 1.31 bits per heavy atom. The third-order valence-corrected chi connectivity index (χ3v) is 10.3. The number of ether oxygens (including phenoxy) is 1. The molecule has 0 heterocycles. The van der Waals surface area contributed by atoms with Crippen LogP contribution in [0.15, 0.2) is 0 Å². The maximum atomic E-state index is 12.9. The number of esters is 1. The van der Waals surface area contributed by atoms with Crippen molar-refractivity contribution in [2.75, 3.05) is 13.2 Å². The minimum absolute atomic E-state index is 0.0401. The van der Waals surface area contributed by atoms with Gasteiger partial charge in [-0.1, -0.05) is 0 Å². The summed E-state index contributed by atoms with van der Waals surface area (Å²) in [4.78, 5) is 62.0. The smallest absolute Gasteiger partial charge is 0.314 e. The van der Waals surface area contributed by atoms with Gasteiger partial charge in [0, 0.05) is 22.7 Å². The first-order valence-corrected chi connectivity index (χ1v) is 15.4. The average Bonchev–Trinajstić information content (AvgIpc) is 2.98. The van der Waals surface area contributed by atoms with Gasteiger partial charge in [0.05, 0.1) is 31.2 Å². The maximum absolute atomic E-state index is 12.9. The Morgan fingerprint density at radius 3 is 1.88 bits per heavy atom. The zero-order chi connectivity index (χ0) is 30.2. The zero-order valence-electron chi connectivity index (χ0n) is 24.0. The largest absolute Gasteiger partial charge is 0.481 e. The summed E-state index contributed by atoms with van der Waals surface area (Å²) < 4.78 is 5.71. The SMILES string of the molecule is O=C(OC1CCC(C2CCC(OOCC3CCCC([N+](=O)[O-])C3COO)CC2)CC1)C1CCCC([N+](=O)[O-])C1C(=O)O. The molecule has 14 heteroatoms. The molecule has 4 saturated carbocycles. The summed E-state index contributed by atoms with van der Waals surface area (Å²) in [6.45, 7) is 0.125. The zero-order valence-corrected chi connectivity index (χ0v) is 24.0. The first kappa shape index (κ1) is 32.5. The molecule has 4 fully saturated rings. The molecule has 0 radical (unpaired) electrons. The number of hydrogen-bond acceptors (Lipinski definition) is 11. The molecule has 0 aliphatic heterocycles. The number of rotatable bonds is 12. The molecule has 0 aromatic carbocycles. The average molecular weight is 601 g/mol. The molecule has 0 saturated heterocycles. The number of carbonyl (C=O) groups is 2. The second kappa shape index (κ2) is 15.3. The summed E-state index contributed by atoms with van der Waals surface area (Å²) in [5.41, 5.74) is 0. The van der Waals surface area contributed by atoms with E-state index in [4.69, 9.17) is 19.8 Å². The van der Waals surface area contributed by atoms with Crippen LogP contribution >= 0.6 is 0 Å². The summed E-state index contributed by atoms with van der Waals surface area (Å²) in [5.74, 6) is -3.78. The van der Waals surface area contributed by atoms with E-state index in [1.54, 1.807) is 0 Å². The molecular weight excluding hydrogens is 556 g/mol. The lowest BCUT2D eigenvalue weighted by atomic mass is 9.72. The molecule has 42 heavy (non-hydrogen) atoms. The van der Waals surface area contributed by atoms with E-state index in [-0.39, 0.29) is 42.7 Å². The van der Waals surface area contributed by atoms with Crippen molar-refractivity contribution in [2.45, 2.75) is 114 Å². The molecule has 2 N–H and O–H groups in total. The van der Waals surface area contributed by atoms with Crippen LogP contribution in [0.3, 0.4) is 0 Å². The lowest BCUT2D eigenvalue weighted by Crippen LogP contribution is -2.46. The molecule has 0 amide bonds. The minimum Gasteiger partial charge on any atom is -0.481 e. The molecule has 4 aliphatic rings. The van der Waals surface area contributed by atoms with Gasteiger partial charge >= 0.3 is 11.9 Å². The molecule has 4 rings (SSSR count). The molecule has 0 bridgehead atoms. The van der Waals surface area contributed by atoms with E-state index >= 15 is 0 Å². The van der Waals surface area contributed by atoms with Crippen molar-refractivity contribution < 1.29 is 49.2 Å². The standard InChI is InChI=1S/C28H44N2O12/c31-27(32)26-22(4-2-6-25(26)30(36)37)28(33)41-20-11-7-17(8-12-20)18-9-13-21(14-10-18)42-40-15-19-3-1-5-24(29(34)35)23(19)16-39-38/h17-26,38H,1-16H2,(H,31,32). The number of nitrogens with zero attached hydrogens (tertiary/aromatic N) is 2. The highest BCUT2D eigenvalue weighted by Crippen LogP contribution is 2.41. The van der Waals surface area contributed by atoms with E-state index in [0.29, 0.717) is 43.9 Å². The predicted molar refractivity (Wildman–Crippen MR) is 144 cm³/mol. The van der Waals surface area contributed by atoms with E-state index in [9.17, 15) is 34.9 Å². The highest BCUT2D eigenvalue weighted by atomic mass is 17.2. The summed E-state index contributed by atoms with van der Waals surface area (Å²) in [5, 5.41) is 41.2. The predicted octanol–water partition coefficient (Wildman–Crippen LogP) is 4.29. The molecule has 6 atom stereocenters. The van der Waals surface area contributed by atoms with E-state index in [2.05, 4.69) is 4.89 Å². The lowest BCUT2D eigenvalue weighted by molar-refractivity contribution is -0.541. The molecule has 0 spiro atoms. The molecule has 0 aromatic heterocycles. The Hall–Kier alpha value is -2.42. The van der Waals surface area contributed by atoms with Gasteiger partial charge in [-0.2, -0.15) is 0 Å². The van der Waals surface area contributed by atoms with Crippen LogP contribution in [0.25, 0.3) is 0 Å². The van der Waals surface area contributed by atoms with Gasteiger partial charge in [-0.25, -0.2) is 14.7 Å². The molecule has 6 unspecified atom stereocenters. The van der Waals surface area contributed by atoms with Crippen molar-refractivity contribution in [2.24, 2.45) is 35.5 Å². The number of aliphatic carboxylic acids is 1. The van der Waals surface area contributed by atoms with E-state index < -0.39 is 46.7 Å². The molecule has 14 nitrogen and oxygen atoms in total. The van der Waals surface area contributed by atoms with Crippen LogP contribution in [0.1, 0.15) is 89.9 Å². The first-order valence-electron chi connectivity index (χ1n) is 15.4. The lowest BCUT2D eigenvalue weighted by Gasteiger charge is -2.38. The molecular formula is C28H44N2O12. The third-order valence-electron chi connectivity index (χ3n) is 10.3. The van der Waals surface area contributed by atoms with Crippen LogP contribution in [0.2, 0.25) is 0 Å². The Morgan fingerprint density at radius 1 is 0.738 bits per heavy atom. The van der Waals surface area contributed by atoms with Gasteiger partial charge < -0.3 is 9.84 Å². The Labute approximate surface area is 244 Å². The molecule has 0 aromatic rings. The van der Waals surface area contributed by atoms with Crippen LogP contribution in [0.4, 0.5) is 0 Å². The fourth-order valence-electron chi connectivity index (χ4n) is 7.95. The fraction of sp³-hybridized carbons (Fsp3) is 0.929. The number of carboxylic acid groups (broad SMARTS) is 1. The van der Waals surface area contributed by atoms with Gasteiger partial charge in [-0.15, -0.1) is 0 Å². The third kappa shape index (κ3) is 8.14. The highest BCUT2D eigenvalue weighted by molar-refractivity contribution is 5.82. The van der Waals surface area contributed by atoms with Crippen molar-refractivity contribution in [1.29, 1.82) is 0 Å². The monoisotopic (exact) mass is 600 g/mol. The summed E-state index contributed by atoms with van der Waals surface area (Å²) >= 11 is 0. The molecule has 4 aliphatic carbocycles. The quantitative estimate of drug-likeness (QED) is 0.140.